The molecule has 0 aliphatic heterocycles. The summed E-state index contributed by atoms with van der Waals surface area (Å²) in [5.41, 5.74) is 2.92. The SMILES string of the molecule is CC12CCC3c4ccc(OSOOO)cc4CCC3C1CC[C@@H]2O. The Labute approximate surface area is 146 Å². The molecule has 5 atom stereocenters. The summed E-state index contributed by atoms with van der Waals surface area (Å²) in [5.74, 6) is 2.66. The highest BCUT2D eigenvalue weighted by molar-refractivity contribution is 7.90. The number of fused-ring (bicyclic) bond motifs is 5. The van der Waals surface area contributed by atoms with Crippen molar-refractivity contribution in [2.24, 2.45) is 17.3 Å². The Morgan fingerprint density at radius 3 is 2.92 bits per heavy atom. The molecule has 2 fully saturated rings. The van der Waals surface area contributed by atoms with E-state index in [0.29, 0.717) is 35.8 Å². The molecule has 0 saturated heterocycles. The summed E-state index contributed by atoms with van der Waals surface area (Å²) in [4.78, 5) is 0. The van der Waals surface area contributed by atoms with E-state index in [1.54, 1.807) is 0 Å². The Bertz CT molecular complexity index is 609. The zero-order valence-electron chi connectivity index (χ0n) is 13.8. The molecule has 5 nitrogen and oxygen atoms in total. The van der Waals surface area contributed by atoms with E-state index in [9.17, 15) is 5.11 Å². The second-order valence-electron chi connectivity index (χ2n) is 7.71. The maximum absolute atomic E-state index is 10.4. The van der Waals surface area contributed by atoms with Crippen LogP contribution in [-0.4, -0.2) is 16.5 Å². The highest BCUT2D eigenvalue weighted by atomic mass is 32.2. The number of aliphatic hydroxyl groups excluding tert-OH is 1. The van der Waals surface area contributed by atoms with Crippen LogP contribution in [0.2, 0.25) is 0 Å². The van der Waals surface area contributed by atoms with E-state index in [-0.39, 0.29) is 11.5 Å². The molecule has 2 N–H and O–H groups in total. The first-order chi connectivity index (χ1) is 11.6. The molecule has 3 aliphatic rings. The van der Waals surface area contributed by atoms with Gasteiger partial charge in [-0.25, -0.2) is 5.26 Å². The van der Waals surface area contributed by atoms with E-state index in [0.717, 1.165) is 25.7 Å². The van der Waals surface area contributed by atoms with Crippen molar-refractivity contribution in [3.8, 4) is 5.75 Å². The average Bonchev–Trinajstić information content (AvgIpc) is 2.90. The number of rotatable bonds is 4. The van der Waals surface area contributed by atoms with Gasteiger partial charge in [-0.05, 0) is 85.0 Å². The Balaban J connectivity index is 1.55. The van der Waals surface area contributed by atoms with Crippen LogP contribution in [0.25, 0.3) is 0 Å². The molecule has 0 aromatic heterocycles. The van der Waals surface area contributed by atoms with E-state index in [2.05, 4.69) is 28.4 Å². The first-order valence-corrected chi connectivity index (χ1v) is 9.42. The molecule has 1 aromatic carbocycles. The second kappa shape index (κ2) is 6.50. The fourth-order valence-corrected chi connectivity index (χ4v) is 5.88. The summed E-state index contributed by atoms with van der Waals surface area (Å²) in [5, 5.41) is 22.1. The van der Waals surface area contributed by atoms with Gasteiger partial charge in [-0.2, -0.15) is 0 Å². The molecule has 24 heavy (non-hydrogen) atoms. The van der Waals surface area contributed by atoms with Gasteiger partial charge in [-0.3, -0.25) is 0 Å². The van der Waals surface area contributed by atoms with Crippen molar-refractivity contribution < 1.29 is 23.9 Å². The second-order valence-corrected chi connectivity index (χ2v) is 8.15. The number of hydrogen-bond acceptors (Lipinski definition) is 6. The molecule has 4 unspecified atom stereocenters. The third-order valence-corrected chi connectivity index (χ3v) is 7.21. The van der Waals surface area contributed by atoms with E-state index in [1.165, 1.54) is 24.0 Å². The summed E-state index contributed by atoms with van der Waals surface area (Å²) in [6.45, 7) is 2.30. The lowest BCUT2D eigenvalue weighted by atomic mass is 9.55. The van der Waals surface area contributed by atoms with Crippen LogP contribution in [0.1, 0.15) is 56.1 Å². The van der Waals surface area contributed by atoms with Gasteiger partial charge in [-0.15, -0.1) is 0 Å². The van der Waals surface area contributed by atoms with Gasteiger partial charge in [0.1, 0.15) is 5.75 Å². The molecular formula is C18H24O5S. The fourth-order valence-electron chi connectivity index (χ4n) is 5.65. The third kappa shape index (κ3) is 2.65. The third-order valence-electron chi connectivity index (χ3n) is 6.84. The zero-order valence-corrected chi connectivity index (χ0v) is 14.6. The minimum atomic E-state index is -0.119. The van der Waals surface area contributed by atoms with Crippen molar-refractivity contribution in [3.05, 3.63) is 29.3 Å². The molecule has 0 amide bonds. The number of aryl methyl sites for hydroxylation is 1. The quantitative estimate of drug-likeness (QED) is 0.365. The number of benzene rings is 1. The van der Waals surface area contributed by atoms with E-state index in [4.69, 9.17) is 9.44 Å². The summed E-state index contributed by atoms with van der Waals surface area (Å²) in [6, 6.07) is 6.19. The zero-order chi connectivity index (χ0) is 16.7. The van der Waals surface area contributed by atoms with Crippen LogP contribution in [0.15, 0.2) is 18.2 Å². The highest BCUT2D eigenvalue weighted by Gasteiger charge is 2.54. The molecule has 132 valence electrons. The van der Waals surface area contributed by atoms with Gasteiger partial charge < -0.3 is 9.29 Å². The first-order valence-electron chi connectivity index (χ1n) is 8.76. The van der Waals surface area contributed by atoms with Gasteiger partial charge >= 0.3 is 0 Å². The van der Waals surface area contributed by atoms with Crippen LogP contribution in [0.4, 0.5) is 0 Å². The predicted molar refractivity (Wildman–Crippen MR) is 90.1 cm³/mol. The predicted octanol–water partition coefficient (Wildman–Crippen LogP) is 4.27. The Morgan fingerprint density at radius 2 is 2.08 bits per heavy atom. The first kappa shape index (κ1) is 16.7. The average molecular weight is 352 g/mol. The van der Waals surface area contributed by atoms with E-state index in [1.807, 2.05) is 6.07 Å². The van der Waals surface area contributed by atoms with Gasteiger partial charge in [0.2, 0.25) is 0 Å². The number of hydrogen-bond donors (Lipinski definition) is 2. The van der Waals surface area contributed by atoms with Gasteiger partial charge in [0, 0.05) is 0 Å². The van der Waals surface area contributed by atoms with Gasteiger partial charge in [0.05, 0.1) is 6.10 Å². The fraction of sp³-hybridized carbons (Fsp3) is 0.667. The van der Waals surface area contributed by atoms with Crippen molar-refractivity contribution in [2.75, 3.05) is 0 Å². The molecular weight excluding hydrogens is 328 g/mol. The normalized spacial score (nSPS) is 37.5. The summed E-state index contributed by atoms with van der Waals surface area (Å²) >= 11 is 0.592. The topological polar surface area (TPSA) is 68.2 Å². The Kier molecular flexibility index (Phi) is 4.51. The van der Waals surface area contributed by atoms with Crippen molar-refractivity contribution in [3.63, 3.8) is 0 Å². The lowest BCUT2D eigenvalue weighted by molar-refractivity contribution is -0.433. The largest absolute Gasteiger partial charge is 0.399 e. The minimum absolute atomic E-state index is 0.119. The molecule has 6 heteroatoms. The Morgan fingerprint density at radius 1 is 1.21 bits per heavy atom. The molecule has 0 bridgehead atoms. The van der Waals surface area contributed by atoms with E-state index < -0.39 is 0 Å². The molecule has 0 heterocycles. The molecule has 0 spiro atoms. The van der Waals surface area contributed by atoms with Gasteiger partial charge in [0.15, 0.2) is 0 Å². The summed E-state index contributed by atoms with van der Waals surface area (Å²) < 4.78 is 9.59. The molecule has 4 rings (SSSR count). The van der Waals surface area contributed by atoms with Crippen molar-refractivity contribution >= 4 is 12.3 Å². The maximum atomic E-state index is 10.4. The lowest BCUT2D eigenvalue weighted by Gasteiger charge is -2.50. The van der Waals surface area contributed by atoms with Crippen molar-refractivity contribution in [1.82, 2.24) is 0 Å². The van der Waals surface area contributed by atoms with Crippen LogP contribution in [0.3, 0.4) is 0 Å². The van der Waals surface area contributed by atoms with E-state index >= 15 is 0 Å². The standard InChI is InChI=1S/C18H24O5S/c1-18-9-8-14-13-5-3-12(21-24-23-22-20)10-11(13)2-4-15(14)16(18)6-7-17(18)19/h3,5,10,14-17,19-20H,2,4,6-9H2,1H3/t14?,15?,16?,17-,18?/m0/s1. The van der Waals surface area contributed by atoms with Gasteiger partial charge in [0.25, 0.3) is 12.3 Å². The summed E-state index contributed by atoms with van der Waals surface area (Å²) in [6.07, 6.45) is 6.55. The molecule has 2 saturated carbocycles. The number of aliphatic hydroxyl groups is 1. The highest BCUT2D eigenvalue weighted by Crippen LogP contribution is 2.60. The monoisotopic (exact) mass is 352 g/mol. The lowest BCUT2D eigenvalue weighted by Crippen LogP contribution is -2.43. The molecule has 3 aliphatic carbocycles. The van der Waals surface area contributed by atoms with Crippen molar-refractivity contribution in [2.45, 2.75) is 57.5 Å². The van der Waals surface area contributed by atoms with Crippen LogP contribution in [-0.2, 0) is 15.8 Å². The van der Waals surface area contributed by atoms with Crippen LogP contribution in [0.5, 0.6) is 5.75 Å². The van der Waals surface area contributed by atoms with Crippen LogP contribution < -0.4 is 4.18 Å². The Hall–Kier alpha value is -0.790. The molecule has 1 aromatic rings. The minimum Gasteiger partial charge on any atom is -0.399 e. The molecule has 0 radical (unpaired) electrons. The summed E-state index contributed by atoms with van der Waals surface area (Å²) in [7, 11) is 0. The van der Waals surface area contributed by atoms with Crippen molar-refractivity contribution in [1.29, 1.82) is 0 Å². The smallest absolute Gasteiger partial charge is 0.261 e. The van der Waals surface area contributed by atoms with Gasteiger partial charge in [-0.1, -0.05) is 22.4 Å². The maximum Gasteiger partial charge on any atom is 0.261 e. The van der Waals surface area contributed by atoms with Crippen LogP contribution in [0, 0.1) is 17.3 Å². The van der Waals surface area contributed by atoms with Crippen LogP contribution >= 0.6 is 12.3 Å².